The number of hydrogen-bond acceptors (Lipinski definition) is 3. The highest BCUT2D eigenvalue weighted by Crippen LogP contribution is 2.38. The molecule has 0 radical (unpaired) electrons. The molecule has 162 valence electrons. The van der Waals surface area contributed by atoms with Crippen LogP contribution in [0.1, 0.15) is 22.3 Å². The van der Waals surface area contributed by atoms with Crippen LogP contribution in [0.4, 0.5) is 11.4 Å². The number of rotatable bonds is 4. The van der Waals surface area contributed by atoms with Crippen molar-refractivity contribution in [3.05, 3.63) is 113 Å². The van der Waals surface area contributed by atoms with Crippen LogP contribution in [0.25, 0.3) is 16.3 Å². The number of carbonyl (C=O) groups is 2. The number of anilines is 2. The molecule has 1 N–H and O–H groups in total. The first-order valence-corrected chi connectivity index (χ1v) is 11.0. The van der Waals surface area contributed by atoms with Crippen molar-refractivity contribution in [3.8, 4) is 0 Å². The van der Waals surface area contributed by atoms with Gasteiger partial charge in [0.05, 0.1) is 11.3 Å². The predicted octanol–water partition coefficient (Wildman–Crippen LogP) is 6.16. The molecular weight excluding hydrogens is 408 g/mol. The first-order valence-electron chi connectivity index (χ1n) is 11.0. The van der Waals surface area contributed by atoms with Gasteiger partial charge in [-0.3, -0.25) is 9.59 Å². The summed E-state index contributed by atoms with van der Waals surface area (Å²) in [4.78, 5) is 29.0. The van der Waals surface area contributed by atoms with Gasteiger partial charge in [0.1, 0.15) is 5.70 Å². The summed E-state index contributed by atoms with van der Waals surface area (Å²) in [7, 11) is 0. The Balaban J connectivity index is 1.71. The van der Waals surface area contributed by atoms with E-state index in [1.165, 1.54) is 4.90 Å². The van der Waals surface area contributed by atoms with Gasteiger partial charge in [0.15, 0.2) is 0 Å². The number of hydrogen-bond donors (Lipinski definition) is 1. The van der Waals surface area contributed by atoms with E-state index in [0.29, 0.717) is 17.0 Å². The van der Waals surface area contributed by atoms with E-state index < -0.39 is 0 Å². The van der Waals surface area contributed by atoms with Crippen LogP contribution in [-0.4, -0.2) is 11.8 Å². The van der Waals surface area contributed by atoms with Gasteiger partial charge in [0.2, 0.25) is 0 Å². The molecule has 0 fully saturated rings. The normalized spacial score (nSPS) is 13.8. The van der Waals surface area contributed by atoms with Crippen molar-refractivity contribution in [2.24, 2.45) is 0 Å². The second-order valence-electron chi connectivity index (χ2n) is 8.45. The van der Waals surface area contributed by atoms with Crippen molar-refractivity contribution < 1.29 is 9.59 Å². The van der Waals surface area contributed by atoms with Gasteiger partial charge in [0.25, 0.3) is 11.8 Å². The number of amides is 2. The van der Waals surface area contributed by atoms with E-state index in [1.54, 1.807) is 0 Å². The molecule has 4 heteroatoms. The number of carbonyl (C=O) groups excluding carboxylic acids is 2. The summed E-state index contributed by atoms with van der Waals surface area (Å²) < 4.78 is 0. The molecule has 5 rings (SSSR count). The van der Waals surface area contributed by atoms with Crippen molar-refractivity contribution in [2.45, 2.75) is 20.8 Å². The second-order valence-corrected chi connectivity index (χ2v) is 8.45. The lowest BCUT2D eigenvalue weighted by molar-refractivity contribution is -0.120. The predicted molar refractivity (Wildman–Crippen MR) is 134 cm³/mol. The van der Waals surface area contributed by atoms with E-state index in [0.717, 1.165) is 38.7 Å². The molecule has 33 heavy (non-hydrogen) atoms. The van der Waals surface area contributed by atoms with Crippen LogP contribution in [0.15, 0.2) is 90.6 Å². The molecule has 4 nitrogen and oxygen atoms in total. The van der Waals surface area contributed by atoms with Gasteiger partial charge in [-0.2, -0.15) is 0 Å². The van der Waals surface area contributed by atoms with Gasteiger partial charge < -0.3 is 5.32 Å². The van der Waals surface area contributed by atoms with Gasteiger partial charge in [-0.25, -0.2) is 4.90 Å². The summed E-state index contributed by atoms with van der Waals surface area (Å²) in [5.41, 5.74) is 5.90. The van der Waals surface area contributed by atoms with Gasteiger partial charge in [-0.05, 0) is 55.0 Å². The number of nitrogens with zero attached hydrogens (tertiary/aromatic N) is 1. The number of aryl methyl sites for hydroxylation is 3. The fourth-order valence-electron chi connectivity index (χ4n) is 4.46. The van der Waals surface area contributed by atoms with Crippen LogP contribution in [0.2, 0.25) is 0 Å². The third kappa shape index (κ3) is 3.50. The van der Waals surface area contributed by atoms with Gasteiger partial charge in [-0.15, -0.1) is 0 Å². The zero-order valence-electron chi connectivity index (χ0n) is 18.8. The first-order chi connectivity index (χ1) is 16.0. The Morgan fingerprint density at radius 1 is 0.697 bits per heavy atom. The topological polar surface area (TPSA) is 49.4 Å². The largest absolute Gasteiger partial charge is 0.350 e. The van der Waals surface area contributed by atoms with Crippen LogP contribution in [0, 0.1) is 20.8 Å². The molecule has 0 unspecified atom stereocenters. The maximum atomic E-state index is 13.9. The number of imide groups is 1. The smallest absolute Gasteiger partial charge is 0.282 e. The second kappa shape index (κ2) is 8.06. The van der Waals surface area contributed by atoms with Gasteiger partial charge in [-0.1, -0.05) is 78.4 Å². The minimum atomic E-state index is -0.352. The molecule has 4 aromatic rings. The lowest BCUT2D eigenvalue weighted by Gasteiger charge is -2.18. The molecule has 4 aromatic carbocycles. The lowest BCUT2D eigenvalue weighted by Crippen LogP contribution is -2.32. The van der Waals surface area contributed by atoms with Crippen molar-refractivity contribution in [1.82, 2.24) is 0 Å². The molecule has 2 amide bonds. The average Bonchev–Trinajstić information content (AvgIpc) is 3.04. The summed E-state index contributed by atoms with van der Waals surface area (Å²) in [6, 6.07) is 27.2. The van der Waals surface area contributed by atoms with Gasteiger partial charge in [0, 0.05) is 11.1 Å². The van der Waals surface area contributed by atoms with Crippen molar-refractivity contribution >= 4 is 39.5 Å². The molecule has 0 aromatic heterocycles. The first kappa shape index (κ1) is 20.7. The maximum absolute atomic E-state index is 13.9. The maximum Gasteiger partial charge on any atom is 0.282 e. The summed E-state index contributed by atoms with van der Waals surface area (Å²) in [6.07, 6.45) is 0. The highest BCUT2D eigenvalue weighted by Gasteiger charge is 2.41. The molecule has 0 saturated heterocycles. The Hall–Kier alpha value is -4.18. The third-order valence-electron chi connectivity index (χ3n) is 6.15. The van der Waals surface area contributed by atoms with Crippen molar-refractivity contribution in [2.75, 3.05) is 10.2 Å². The van der Waals surface area contributed by atoms with E-state index in [1.807, 2.05) is 106 Å². The molecule has 0 bridgehead atoms. The SMILES string of the molecule is Cc1ccc(C2=C(Nc3ccccc3C)C(=O)N(c3cccc4ccccc34)C2=O)c(C)c1. The molecule has 0 aliphatic carbocycles. The van der Waals surface area contributed by atoms with E-state index >= 15 is 0 Å². The Morgan fingerprint density at radius 3 is 2.21 bits per heavy atom. The molecule has 0 atom stereocenters. The lowest BCUT2D eigenvalue weighted by atomic mass is 9.97. The average molecular weight is 433 g/mol. The monoisotopic (exact) mass is 432 g/mol. The zero-order chi connectivity index (χ0) is 23.1. The van der Waals surface area contributed by atoms with E-state index in [4.69, 9.17) is 0 Å². The Kier molecular flexibility index (Phi) is 5.06. The van der Waals surface area contributed by atoms with Crippen LogP contribution < -0.4 is 10.2 Å². The molecule has 0 spiro atoms. The summed E-state index contributed by atoms with van der Waals surface area (Å²) in [5.74, 6) is -0.672. The van der Waals surface area contributed by atoms with Crippen molar-refractivity contribution in [3.63, 3.8) is 0 Å². The molecule has 1 aliphatic rings. The summed E-state index contributed by atoms with van der Waals surface area (Å²) >= 11 is 0. The van der Waals surface area contributed by atoms with Crippen LogP contribution in [0.5, 0.6) is 0 Å². The highest BCUT2D eigenvalue weighted by atomic mass is 16.2. The van der Waals surface area contributed by atoms with E-state index in [-0.39, 0.29) is 11.8 Å². The number of benzene rings is 4. The summed E-state index contributed by atoms with van der Waals surface area (Å²) in [5, 5.41) is 5.13. The zero-order valence-corrected chi connectivity index (χ0v) is 18.8. The van der Waals surface area contributed by atoms with Crippen LogP contribution in [-0.2, 0) is 9.59 Å². The van der Waals surface area contributed by atoms with E-state index in [9.17, 15) is 9.59 Å². The Labute approximate surface area is 193 Å². The number of fused-ring (bicyclic) bond motifs is 1. The fraction of sp³-hybridized carbons (Fsp3) is 0.103. The minimum Gasteiger partial charge on any atom is -0.350 e. The quantitative estimate of drug-likeness (QED) is 0.393. The minimum absolute atomic E-state index is 0.300. The van der Waals surface area contributed by atoms with Crippen LogP contribution >= 0.6 is 0 Å². The third-order valence-corrected chi connectivity index (χ3v) is 6.15. The van der Waals surface area contributed by atoms with Crippen molar-refractivity contribution in [1.29, 1.82) is 0 Å². The summed E-state index contributed by atoms with van der Waals surface area (Å²) in [6.45, 7) is 5.96. The number of para-hydroxylation sites is 1. The molecule has 1 heterocycles. The highest BCUT2D eigenvalue weighted by molar-refractivity contribution is 6.47. The standard InChI is InChI=1S/C29H24N2O2/c1-18-15-16-22(20(3)17-18)26-27(30-24-13-7-4-9-19(24)2)29(33)31(28(26)32)25-14-8-11-21-10-5-6-12-23(21)25/h4-17,30H,1-3H3. The molecule has 0 saturated carbocycles. The van der Waals surface area contributed by atoms with Crippen LogP contribution in [0.3, 0.4) is 0 Å². The number of nitrogens with one attached hydrogen (secondary N) is 1. The van der Waals surface area contributed by atoms with E-state index in [2.05, 4.69) is 5.32 Å². The Morgan fingerprint density at radius 2 is 1.42 bits per heavy atom. The van der Waals surface area contributed by atoms with Gasteiger partial charge >= 0.3 is 0 Å². The molecule has 1 aliphatic heterocycles. The fourth-order valence-corrected chi connectivity index (χ4v) is 4.46. The molecular formula is C29H24N2O2. The Bertz CT molecular complexity index is 1460.